The molecular weight excluding hydrogens is 394 g/mol. The molecule has 3 fully saturated rings. The van der Waals surface area contributed by atoms with Crippen molar-refractivity contribution in [2.75, 3.05) is 25.0 Å². The number of carbonyl (C=O) groups excluding carboxylic acids is 2. The highest BCUT2D eigenvalue weighted by atomic mass is 16.2. The number of aliphatic imine (C=N–C) groups is 1. The van der Waals surface area contributed by atoms with Gasteiger partial charge in [-0.15, -0.1) is 0 Å². The van der Waals surface area contributed by atoms with Gasteiger partial charge in [0, 0.05) is 36.2 Å². The van der Waals surface area contributed by atoms with Crippen LogP contribution in [0.3, 0.4) is 0 Å². The van der Waals surface area contributed by atoms with Crippen LogP contribution in [-0.2, 0) is 9.59 Å². The molecule has 4 aliphatic heterocycles. The third-order valence-electron chi connectivity index (χ3n) is 6.29. The third-order valence-corrected chi connectivity index (χ3v) is 6.29. The number of pyridine rings is 1. The molecule has 2 amide bonds. The Morgan fingerprint density at radius 1 is 1.35 bits per heavy atom. The molecule has 6 rings (SSSR count). The Labute approximate surface area is 180 Å². The van der Waals surface area contributed by atoms with Crippen LogP contribution in [0, 0.1) is 5.92 Å². The van der Waals surface area contributed by atoms with Crippen LogP contribution >= 0.6 is 0 Å². The Bertz CT molecular complexity index is 1080. The molecule has 1 unspecified atom stereocenters. The molecule has 4 N–H and O–H groups in total. The first-order valence-electron chi connectivity index (χ1n) is 11.0. The second-order valence-corrected chi connectivity index (χ2v) is 8.50. The van der Waals surface area contributed by atoms with E-state index in [-0.39, 0.29) is 11.8 Å². The zero-order valence-electron chi connectivity index (χ0n) is 17.6. The van der Waals surface area contributed by atoms with Crippen molar-refractivity contribution in [1.29, 1.82) is 0 Å². The number of carbonyl (C=O) groups is 2. The second-order valence-electron chi connectivity index (χ2n) is 8.50. The van der Waals surface area contributed by atoms with E-state index in [1.54, 1.807) is 18.5 Å². The first-order valence-corrected chi connectivity index (χ1v) is 11.0. The molecule has 2 aromatic heterocycles. The van der Waals surface area contributed by atoms with E-state index >= 15 is 0 Å². The monoisotopic (exact) mass is 421 g/mol. The van der Waals surface area contributed by atoms with Crippen LogP contribution in [0.25, 0.3) is 17.1 Å². The summed E-state index contributed by atoms with van der Waals surface area (Å²) in [6.07, 6.45) is 8.81. The highest BCUT2D eigenvalue weighted by molar-refractivity contribution is 6.14. The van der Waals surface area contributed by atoms with Crippen LogP contribution in [0.1, 0.15) is 38.2 Å². The number of hydrogen-bond donors (Lipinski definition) is 4. The lowest BCUT2D eigenvalue weighted by atomic mass is 9.84. The summed E-state index contributed by atoms with van der Waals surface area (Å²) >= 11 is 0. The van der Waals surface area contributed by atoms with Crippen molar-refractivity contribution in [3.8, 4) is 0 Å². The largest absolute Gasteiger partial charge is 0.351 e. The summed E-state index contributed by atoms with van der Waals surface area (Å²) in [4.78, 5) is 38.9. The lowest BCUT2D eigenvalue weighted by Crippen LogP contribution is -2.58. The summed E-state index contributed by atoms with van der Waals surface area (Å²) in [7, 11) is 0. The molecule has 0 radical (unpaired) electrons. The fourth-order valence-corrected chi connectivity index (χ4v) is 4.65. The molecule has 0 aliphatic carbocycles. The number of amides is 2. The fraction of sp³-hybridized carbons (Fsp3) is 0.455. The van der Waals surface area contributed by atoms with Crippen LogP contribution in [0.15, 0.2) is 29.1 Å². The van der Waals surface area contributed by atoms with E-state index in [9.17, 15) is 9.59 Å². The van der Waals surface area contributed by atoms with Gasteiger partial charge in [-0.2, -0.15) is 0 Å². The van der Waals surface area contributed by atoms with Gasteiger partial charge in [-0.05, 0) is 50.4 Å². The molecule has 0 aromatic carbocycles. The maximum Gasteiger partial charge on any atom is 0.276 e. The number of aromatic amines is 1. The molecule has 3 saturated heterocycles. The van der Waals surface area contributed by atoms with Gasteiger partial charge in [0.15, 0.2) is 0 Å². The number of H-pyrrole nitrogens is 1. The number of nitrogens with one attached hydrogen (secondary N) is 4. The van der Waals surface area contributed by atoms with Crippen molar-refractivity contribution >= 4 is 40.6 Å². The quantitative estimate of drug-likeness (QED) is 0.550. The van der Waals surface area contributed by atoms with Crippen molar-refractivity contribution in [3.05, 3.63) is 29.7 Å². The normalized spacial score (nSPS) is 26.2. The van der Waals surface area contributed by atoms with E-state index in [2.05, 4.69) is 35.8 Å². The topological polar surface area (TPSA) is 115 Å². The van der Waals surface area contributed by atoms with Gasteiger partial charge in [0.05, 0.1) is 11.9 Å². The molecule has 31 heavy (non-hydrogen) atoms. The summed E-state index contributed by atoms with van der Waals surface area (Å²) in [5.74, 6) is 0.903. The lowest BCUT2D eigenvalue weighted by molar-refractivity contribution is -0.116. The van der Waals surface area contributed by atoms with Crippen LogP contribution in [0.2, 0.25) is 0 Å². The Hall–Kier alpha value is -3.20. The Morgan fingerprint density at radius 2 is 2.19 bits per heavy atom. The minimum atomic E-state index is -0.224. The Balaban J connectivity index is 1.35. The molecule has 0 saturated carbocycles. The van der Waals surface area contributed by atoms with Gasteiger partial charge in [0.1, 0.15) is 11.3 Å². The standard InChI is InChI=1S/C22H27N7O2/c1-2-3-19(30)25-15-9-16-14(10-23-20(16)24-11-15)8-17-21(31)28-22(26-17)27-18-12-29-6-4-13(18)5-7-29/h8-11,13,18H,2-7,12H2,1H3,(H,23,24)(H,25,30)(H2,26,27,28,31). The van der Waals surface area contributed by atoms with E-state index in [1.165, 1.54) is 25.9 Å². The van der Waals surface area contributed by atoms with Crippen LogP contribution in [0.4, 0.5) is 5.69 Å². The maximum atomic E-state index is 12.5. The van der Waals surface area contributed by atoms with Gasteiger partial charge in [0.25, 0.3) is 5.91 Å². The molecule has 0 spiro atoms. The molecule has 2 aromatic rings. The fourth-order valence-electron chi connectivity index (χ4n) is 4.65. The molecule has 1 atom stereocenters. The average molecular weight is 422 g/mol. The highest BCUT2D eigenvalue weighted by Crippen LogP contribution is 2.28. The average Bonchev–Trinajstić information content (AvgIpc) is 3.32. The van der Waals surface area contributed by atoms with E-state index in [0.717, 1.165) is 23.9 Å². The highest BCUT2D eigenvalue weighted by Gasteiger charge is 2.35. The number of rotatable bonds is 5. The first kappa shape index (κ1) is 19.7. The molecule has 9 nitrogen and oxygen atoms in total. The molecule has 4 aliphatic rings. The number of nitrogens with zero attached hydrogens (tertiary/aromatic N) is 3. The lowest BCUT2D eigenvalue weighted by Gasteiger charge is -2.45. The zero-order valence-corrected chi connectivity index (χ0v) is 17.6. The van der Waals surface area contributed by atoms with Gasteiger partial charge in [-0.1, -0.05) is 6.92 Å². The van der Waals surface area contributed by atoms with Crippen molar-refractivity contribution in [1.82, 2.24) is 25.5 Å². The van der Waals surface area contributed by atoms with Gasteiger partial charge in [-0.3, -0.25) is 14.9 Å². The van der Waals surface area contributed by atoms with Crippen LogP contribution < -0.4 is 16.0 Å². The van der Waals surface area contributed by atoms with Crippen LogP contribution in [-0.4, -0.2) is 58.3 Å². The number of hydrogen-bond acceptors (Lipinski definition) is 6. The first-order chi connectivity index (χ1) is 15.1. The SMILES string of the molecule is CCCC(=O)Nc1cnc2[nH]cc(C=C3N=C(NC4CN5CCC4CC5)NC3=O)c2c1. The molecule has 9 heteroatoms. The van der Waals surface area contributed by atoms with Crippen molar-refractivity contribution < 1.29 is 9.59 Å². The minimum absolute atomic E-state index is 0.0395. The molecular formula is C22H27N7O2. The van der Waals surface area contributed by atoms with Crippen molar-refractivity contribution in [2.24, 2.45) is 10.9 Å². The van der Waals surface area contributed by atoms with Gasteiger partial charge in [-0.25, -0.2) is 9.98 Å². The number of aromatic nitrogens is 2. The number of anilines is 1. The second kappa shape index (κ2) is 8.14. The smallest absolute Gasteiger partial charge is 0.276 e. The van der Waals surface area contributed by atoms with E-state index < -0.39 is 0 Å². The summed E-state index contributed by atoms with van der Waals surface area (Å²) in [5, 5.41) is 9.98. The maximum absolute atomic E-state index is 12.5. The zero-order chi connectivity index (χ0) is 21.4. The molecule has 2 bridgehead atoms. The third kappa shape index (κ3) is 4.05. The molecule has 162 valence electrons. The number of fused-ring (bicyclic) bond motifs is 4. The van der Waals surface area contributed by atoms with Gasteiger partial charge >= 0.3 is 0 Å². The van der Waals surface area contributed by atoms with Crippen LogP contribution in [0.5, 0.6) is 0 Å². The Kier molecular flexibility index (Phi) is 5.19. The van der Waals surface area contributed by atoms with Gasteiger partial charge in [0.2, 0.25) is 11.9 Å². The minimum Gasteiger partial charge on any atom is -0.351 e. The number of guanidine groups is 1. The van der Waals surface area contributed by atoms with Gasteiger partial charge < -0.3 is 20.5 Å². The summed E-state index contributed by atoms with van der Waals surface area (Å²) in [5.41, 5.74) is 2.47. The van der Waals surface area contributed by atoms with E-state index in [0.29, 0.717) is 41.4 Å². The predicted octanol–water partition coefficient (Wildman–Crippen LogP) is 1.81. The predicted molar refractivity (Wildman–Crippen MR) is 119 cm³/mol. The van der Waals surface area contributed by atoms with E-state index in [1.807, 2.05) is 13.0 Å². The van der Waals surface area contributed by atoms with E-state index in [4.69, 9.17) is 0 Å². The summed E-state index contributed by atoms with van der Waals surface area (Å²) in [6.45, 7) is 5.30. The molecule has 6 heterocycles. The Morgan fingerprint density at radius 3 is 2.94 bits per heavy atom. The summed E-state index contributed by atoms with van der Waals surface area (Å²) in [6, 6.07) is 2.19. The summed E-state index contributed by atoms with van der Waals surface area (Å²) < 4.78 is 0. The van der Waals surface area contributed by atoms with Crippen molar-refractivity contribution in [3.63, 3.8) is 0 Å². The number of piperidine rings is 3. The van der Waals surface area contributed by atoms with Crippen molar-refractivity contribution in [2.45, 2.75) is 38.6 Å².